The molecule has 2 N–H and O–H groups in total. The molecule has 0 unspecified atom stereocenters. The van der Waals surface area contributed by atoms with E-state index in [1.807, 2.05) is 109 Å². The van der Waals surface area contributed by atoms with Crippen LogP contribution in [0.1, 0.15) is 15.9 Å². The van der Waals surface area contributed by atoms with Crippen molar-refractivity contribution < 1.29 is 14.4 Å². The second-order valence-electron chi connectivity index (χ2n) is 9.60. The molecule has 5 aromatic rings. The Morgan fingerprint density at radius 3 is 1.91 bits per heavy atom. The topological polar surface area (TPSA) is 78.5 Å². The lowest BCUT2D eigenvalue weighted by Gasteiger charge is -2.23. The van der Waals surface area contributed by atoms with Gasteiger partial charge in [-0.25, -0.2) is 0 Å². The summed E-state index contributed by atoms with van der Waals surface area (Å²) in [6.07, 6.45) is 1.63. The van der Waals surface area contributed by atoms with Gasteiger partial charge in [0.05, 0.1) is 5.75 Å². The number of nitrogens with one attached hydrogen (secondary N) is 2. The lowest BCUT2D eigenvalue weighted by molar-refractivity contribution is -0.115. The Morgan fingerprint density at radius 1 is 0.705 bits per heavy atom. The molecule has 8 heteroatoms. The first-order valence-corrected chi connectivity index (χ1v) is 15.5. The van der Waals surface area contributed by atoms with Crippen molar-refractivity contribution in [3.8, 4) is 0 Å². The number of amides is 3. The maximum absolute atomic E-state index is 13.5. The number of para-hydroxylation sites is 2. The number of anilines is 3. The standard InChI is InChI=1S/C36H28BrN3O3S/c37-28-21-19-26(20-22-28)23-33(39-35(42)27-11-4-1-5-12-27)36(43)38-29-13-10-18-32(24-29)44-25-34(41)40(30-14-6-2-7-15-30)31-16-8-3-9-17-31/h1-24H,25H2,(H,38,43)(H,39,42)/b33-23-. The summed E-state index contributed by atoms with van der Waals surface area (Å²) in [6, 6.07) is 42.5. The molecule has 0 heterocycles. The highest BCUT2D eigenvalue weighted by molar-refractivity contribution is 9.10. The Kier molecular flexibility index (Phi) is 10.4. The largest absolute Gasteiger partial charge is 0.321 e. The van der Waals surface area contributed by atoms with Crippen LogP contribution in [0.5, 0.6) is 0 Å². The van der Waals surface area contributed by atoms with Gasteiger partial charge in [0.25, 0.3) is 11.8 Å². The molecule has 44 heavy (non-hydrogen) atoms. The second-order valence-corrected chi connectivity index (χ2v) is 11.6. The molecule has 0 bridgehead atoms. The smallest absolute Gasteiger partial charge is 0.272 e. The molecule has 218 valence electrons. The fourth-order valence-electron chi connectivity index (χ4n) is 4.33. The third-order valence-corrected chi connectivity index (χ3v) is 7.95. The molecule has 6 nitrogen and oxygen atoms in total. The molecule has 0 aromatic heterocycles. The Bertz CT molecular complexity index is 1720. The van der Waals surface area contributed by atoms with Gasteiger partial charge in [0.1, 0.15) is 5.70 Å². The van der Waals surface area contributed by atoms with Gasteiger partial charge in [0.15, 0.2) is 0 Å². The van der Waals surface area contributed by atoms with Gasteiger partial charge in [-0.2, -0.15) is 0 Å². The fraction of sp³-hybridized carbons (Fsp3) is 0.0278. The summed E-state index contributed by atoms with van der Waals surface area (Å²) in [5.74, 6) is -0.767. The highest BCUT2D eigenvalue weighted by Gasteiger charge is 2.19. The van der Waals surface area contributed by atoms with Crippen molar-refractivity contribution in [3.63, 3.8) is 0 Å². The molecular formula is C36H28BrN3O3S. The average molecular weight is 663 g/mol. The van der Waals surface area contributed by atoms with Crippen LogP contribution >= 0.6 is 27.7 Å². The predicted molar refractivity (Wildman–Crippen MR) is 182 cm³/mol. The van der Waals surface area contributed by atoms with E-state index in [1.54, 1.807) is 41.3 Å². The van der Waals surface area contributed by atoms with E-state index in [4.69, 9.17) is 0 Å². The minimum absolute atomic E-state index is 0.0785. The lowest BCUT2D eigenvalue weighted by Crippen LogP contribution is -2.30. The molecule has 0 atom stereocenters. The SMILES string of the molecule is O=C(Nc1cccc(SCC(=O)N(c2ccccc2)c2ccccc2)c1)/C(=C/c1ccc(Br)cc1)NC(=O)c1ccccc1. The van der Waals surface area contributed by atoms with Crippen molar-refractivity contribution in [2.75, 3.05) is 16.0 Å². The Morgan fingerprint density at radius 2 is 1.30 bits per heavy atom. The number of rotatable bonds is 10. The maximum atomic E-state index is 13.5. The monoisotopic (exact) mass is 661 g/mol. The number of carbonyl (C=O) groups excluding carboxylic acids is 3. The minimum Gasteiger partial charge on any atom is -0.321 e. The molecule has 0 aliphatic rings. The zero-order valence-corrected chi connectivity index (χ0v) is 25.9. The summed E-state index contributed by atoms with van der Waals surface area (Å²) < 4.78 is 0.900. The first kappa shape index (κ1) is 30.5. The average Bonchev–Trinajstić information content (AvgIpc) is 3.06. The maximum Gasteiger partial charge on any atom is 0.272 e. The second kappa shape index (κ2) is 15.0. The van der Waals surface area contributed by atoms with Gasteiger partial charge in [-0.1, -0.05) is 88.7 Å². The molecule has 0 aliphatic carbocycles. The number of nitrogens with zero attached hydrogens (tertiary/aromatic N) is 1. The zero-order valence-electron chi connectivity index (χ0n) is 23.5. The van der Waals surface area contributed by atoms with Crippen LogP contribution in [-0.2, 0) is 9.59 Å². The van der Waals surface area contributed by atoms with E-state index >= 15 is 0 Å². The van der Waals surface area contributed by atoms with Crippen molar-refractivity contribution in [3.05, 3.63) is 161 Å². The van der Waals surface area contributed by atoms with Crippen LogP contribution in [0.15, 0.2) is 155 Å². The van der Waals surface area contributed by atoms with Gasteiger partial charge in [0, 0.05) is 32.0 Å². The van der Waals surface area contributed by atoms with Gasteiger partial charge < -0.3 is 10.6 Å². The summed E-state index contributed by atoms with van der Waals surface area (Å²) >= 11 is 4.80. The van der Waals surface area contributed by atoms with Gasteiger partial charge >= 0.3 is 0 Å². The van der Waals surface area contributed by atoms with E-state index in [1.165, 1.54) is 11.8 Å². The first-order valence-electron chi connectivity index (χ1n) is 13.8. The molecule has 3 amide bonds. The number of benzene rings is 5. The number of halogens is 1. The Labute approximate surface area is 268 Å². The summed E-state index contributed by atoms with van der Waals surface area (Å²) in [5.41, 5.74) is 3.38. The van der Waals surface area contributed by atoms with E-state index < -0.39 is 11.8 Å². The van der Waals surface area contributed by atoms with Crippen LogP contribution in [0.25, 0.3) is 6.08 Å². The highest BCUT2D eigenvalue weighted by Crippen LogP contribution is 2.28. The van der Waals surface area contributed by atoms with E-state index in [0.717, 1.165) is 26.3 Å². The van der Waals surface area contributed by atoms with E-state index in [9.17, 15) is 14.4 Å². The van der Waals surface area contributed by atoms with Crippen molar-refractivity contribution in [1.82, 2.24) is 5.32 Å². The quantitative estimate of drug-likeness (QED) is 0.117. The highest BCUT2D eigenvalue weighted by atomic mass is 79.9. The van der Waals surface area contributed by atoms with Crippen LogP contribution < -0.4 is 15.5 Å². The molecule has 0 saturated carbocycles. The van der Waals surface area contributed by atoms with Gasteiger partial charge in [-0.3, -0.25) is 19.3 Å². The third kappa shape index (κ3) is 8.34. The van der Waals surface area contributed by atoms with Crippen LogP contribution in [0.3, 0.4) is 0 Å². The molecule has 5 rings (SSSR count). The van der Waals surface area contributed by atoms with Crippen molar-refractivity contribution >= 4 is 68.6 Å². The number of carbonyl (C=O) groups is 3. The lowest BCUT2D eigenvalue weighted by atomic mass is 10.1. The van der Waals surface area contributed by atoms with Crippen LogP contribution in [0, 0.1) is 0 Å². The van der Waals surface area contributed by atoms with Gasteiger partial charge in [-0.15, -0.1) is 11.8 Å². The predicted octanol–water partition coefficient (Wildman–Crippen LogP) is 8.32. The summed E-state index contributed by atoms with van der Waals surface area (Å²) in [4.78, 5) is 42.4. The van der Waals surface area contributed by atoms with Crippen LogP contribution in [0.2, 0.25) is 0 Å². The van der Waals surface area contributed by atoms with Crippen LogP contribution in [-0.4, -0.2) is 23.5 Å². The third-order valence-electron chi connectivity index (χ3n) is 6.44. The van der Waals surface area contributed by atoms with E-state index in [2.05, 4.69) is 26.6 Å². The van der Waals surface area contributed by atoms with E-state index in [-0.39, 0.29) is 17.4 Å². The normalized spacial score (nSPS) is 11.0. The number of thioether (sulfide) groups is 1. The van der Waals surface area contributed by atoms with Crippen molar-refractivity contribution in [1.29, 1.82) is 0 Å². The zero-order chi connectivity index (χ0) is 30.7. The molecule has 5 aromatic carbocycles. The number of hydrogen-bond acceptors (Lipinski definition) is 4. The van der Waals surface area contributed by atoms with Gasteiger partial charge in [-0.05, 0) is 78.4 Å². The first-order chi connectivity index (χ1) is 21.5. The van der Waals surface area contributed by atoms with Crippen molar-refractivity contribution in [2.24, 2.45) is 0 Å². The van der Waals surface area contributed by atoms with Gasteiger partial charge in [0.2, 0.25) is 5.91 Å². The molecular weight excluding hydrogens is 634 g/mol. The summed E-state index contributed by atoms with van der Waals surface area (Å²) in [5, 5.41) is 5.65. The number of hydrogen-bond donors (Lipinski definition) is 2. The Balaban J connectivity index is 1.31. The van der Waals surface area contributed by atoms with Crippen molar-refractivity contribution in [2.45, 2.75) is 4.90 Å². The van der Waals surface area contributed by atoms with Crippen LogP contribution in [0.4, 0.5) is 17.1 Å². The molecule has 0 fully saturated rings. The molecule has 0 aliphatic heterocycles. The molecule has 0 radical (unpaired) electrons. The summed E-state index contributed by atoms with van der Waals surface area (Å²) in [6.45, 7) is 0. The fourth-order valence-corrected chi connectivity index (χ4v) is 5.40. The molecule has 0 saturated heterocycles. The molecule has 0 spiro atoms. The minimum atomic E-state index is -0.477. The Hall–Kier alpha value is -4.92. The van der Waals surface area contributed by atoms with E-state index in [0.29, 0.717) is 11.3 Å². The summed E-state index contributed by atoms with van der Waals surface area (Å²) in [7, 11) is 0.